The van der Waals surface area contributed by atoms with Gasteiger partial charge in [-0.2, -0.15) is 0 Å². The zero-order chi connectivity index (χ0) is 59.8. The van der Waals surface area contributed by atoms with Gasteiger partial charge in [-0.3, -0.25) is 9.59 Å². The van der Waals surface area contributed by atoms with Crippen LogP contribution in [0.2, 0.25) is 0 Å². The van der Waals surface area contributed by atoms with Crippen molar-refractivity contribution in [2.24, 2.45) is 59.2 Å². The minimum absolute atomic E-state index is 0.00125. The summed E-state index contributed by atoms with van der Waals surface area (Å²) in [5.41, 5.74) is -1.48. The van der Waals surface area contributed by atoms with Crippen LogP contribution in [0.4, 0.5) is 0 Å². The molecule has 2 saturated carbocycles. The van der Waals surface area contributed by atoms with Gasteiger partial charge in [0.1, 0.15) is 24.4 Å². The zero-order valence-electron chi connectivity index (χ0n) is 51.7. The number of aliphatic hydroxyl groups excluding tert-OH is 4. The first-order valence-electron chi connectivity index (χ1n) is 31.9. The van der Waals surface area contributed by atoms with Crippen molar-refractivity contribution in [1.82, 2.24) is 10.6 Å². The maximum Gasteiger partial charge on any atom is 0.251 e. The summed E-state index contributed by atoms with van der Waals surface area (Å²) in [7, 11) is 0. The summed E-state index contributed by atoms with van der Waals surface area (Å²) >= 11 is 0. The van der Waals surface area contributed by atoms with Crippen LogP contribution in [0.3, 0.4) is 0 Å². The number of ether oxygens (including phenoxy) is 8. The third kappa shape index (κ3) is 16.2. The minimum Gasteiger partial charge on any atom is -0.388 e. The van der Waals surface area contributed by atoms with Crippen molar-refractivity contribution >= 4 is 11.8 Å². The summed E-state index contributed by atoms with van der Waals surface area (Å²) in [6, 6.07) is 6.68. The topological polar surface area (TPSA) is 253 Å². The van der Waals surface area contributed by atoms with Crippen LogP contribution in [-0.4, -0.2) is 166 Å². The number of hydrogen-bond donors (Lipinski definition) is 8. The van der Waals surface area contributed by atoms with Crippen LogP contribution in [0.25, 0.3) is 0 Å². The van der Waals surface area contributed by atoms with E-state index in [9.17, 15) is 40.2 Å². The van der Waals surface area contributed by atoms with Crippen molar-refractivity contribution < 1.29 is 78.1 Å². The molecule has 26 atom stereocenters. The first-order valence-corrected chi connectivity index (χ1v) is 31.9. The van der Waals surface area contributed by atoms with Crippen molar-refractivity contribution in [2.75, 3.05) is 26.3 Å². The predicted molar refractivity (Wildman–Crippen MR) is 309 cm³/mol. The molecule has 2 amide bonds. The number of benzene rings is 1. The molecule has 7 rings (SSSR count). The monoisotopic (exact) mass is 1160 g/mol. The summed E-state index contributed by atoms with van der Waals surface area (Å²) < 4.78 is 51.6. The first-order chi connectivity index (χ1) is 38.9. The van der Waals surface area contributed by atoms with Gasteiger partial charge in [0.2, 0.25) is 0 Å². The van der Waals surface area contributed by atoms with Gasteiger partial charge in [0.15, 0.2) is 25.2 Å². The van der Waals surface area contributed by atoms with E-state index < -0.39 is 97.0 Å². The van der Waals surface area contributed by atoms with E-state index in [1.54, 1.807) is 38.1 Å². The van der Waals surface area contributed by atoms with Gasteiger partial charge in [0.05, 0.1) is 61.0 Å². The molecule has 0 spiro atoms. The van der Waals surface area contributed by atoms with E-state index in [1.165, 1.54) is 0 Å². The SMILES string of the molecule is CCC(C)[C@@H]1CCC(CCCNC(=O)c2ccc(C(=O)NCCC[C@@H]3CC[C@@H](C(C)CC)OC3OC3[C@H](O)C(OC4OC[C@](C)(O)C(CC)[C@H]4O)[C@H](C)C[C@@H]3C)cc2)C(OC2[C@H](O)C(OC3OC[C@](C)(O)[C@H](CC)[C@H]3O)[C@H](C)C[C@@H]2C)O1. The van der Waals surface area contributed by atoms with Crippen LogP contribution in [0, 0.1) is 59.2 Å². The molecular weight excluding hydrogens is 1050 g/mol. The quantitative estimate of drug-likeness (QED) is 0.0463. The number of rotatable bonds is 24. The van der Waals surface area contributed by atoms with E-state index >= 15 is 0 Å². The molecule has 4 aliphatic heterocycles. The standard InChI is InChI=1S/C64H108N2O16/c1-13-35(5)47-27-25-43(59(77-47)79-53-37(7)31-39(9)55(51(53)69)81-61-49(67)45(15-3)63(11,73)33-75-61)19-17-29-65-57(71)41-21-23-42(24-22-41)58(72)66-30-18-20-44-26-28-48(36(6)14-2)78-60(44)80-54-38(8)32-40(10)56(52(54)70)82-62-50(68)46(16-4)64(12,74)34-76-62/h21-24,35-40,43-56,59-62,67-70,73-74H,13-20,25-34H2,1-12H3,(H,65,71)(H,66,72)/t35?,36?,37-,38-,39+,40+,43+,44?,45?,46+,47-,48-,49+,50+,51-,52-,53?,54?,55?,56?,59?,60?,61?,62?,63-,64-/m0/s1. The van der Waals surface area contributed by atoms with E-state index in [-0.39, 0.29) is 72.7 Å². The summed E-state index contributed by atoms with van der Waals surface area (Å²) in [6.45, 7) is 25.0. The molecule has 470 valence electrons. The minimum atomic E-state index is -1.19. The highest BCUT2D eigenvalue weighted by Crippen LogP contribution is 2.44. The predicted octanol–water partition coefficient (Wildman–Crippen LogP) is 7.64. The van der Waals surface area contributed by atoms with Crippen LogP contribution in [0.1, 0.15) is 194 Å². The van der Waals surface area contributed by atoms with Gasteiger partial charge in [-0.25, -0.2) is 0 Å². The van der Waals surface area contributed by atoms with E-state index in [0.717, 1.165) is 64.2 Å². The van der Waals surface area contributed by atoms with Crippen LogP contribution in [-0.2, 0) is 37.9 Å². The normalized spacial score (nSPS) is 42.7. The highest BCUT2D eigenvalue weighted by atomic mass is 16.7. The molecule has 4 heterocycles. The second-order valence-electron chi connectivity index (χ2n) is 26.8. The Bertz CT molecular complexity index is 1970. The Morgan fingerprint density at radius 2 is 0.878 bits per heavy atom. The maximum atomic E-state index is 13.4. The molecule has 6 aliphatic rings. The molecule has 8 N–H and O–H groups in total. The Morgan fingerprint density at radius 1 is 0.549 bits per heavy atom. The summed E-state index contributed by atoms with van der Waals surface area (Å²) in [5.74, 6) is -0.703. The highest BCUT2D eigenvalue weighted by molar-refractivity contribution is 5.97. The molecule has 12 unspecified atom stereocenters. The van der Waals surface area contributed by atoms with Gasteiger partial charge in [-0.1, -0.05) is 82.1 Å². The molecule has 1 aromatic rings. The molecule has 6 fully saturated rings. The molecule has 18 heteroatoms. The lowest BCUT2D eigenvalue weighted by atomic mass is 9.76. The van der Waals surface area contributed by atoms with E-state index in [1.807, 2.05) is 27.7 Å². The number of carbonyl (C=O) groups excluding carboxylic acids is 2. The Hall–Kier alpha value is -2.40. The van der Waals surface area contributed by atoms with E-state index in [4.69, 9.17) is 37.9 Å². The highest BCUT2D eigenvalue weighted by Gasteiger charge is 2.53. The van der Waals surface area contributed by atoms with Gasteiger partial charge in [0.25, 0.3) is 11.8 Å². The molecule has 18 nitrogen and oxygen atoms in total. The second kappa shape index (κ2) is 30.0. The Kier molecular flexibility index (Phi) is 24.6. The van der Waals surface area contributed by atoms with Crippen LogP contribution >= 0.6 is 0 Å². The van der Waals surface area contributed by atoms with Crippen LogP contribution < -0.4 is 10.6 Å². The van der Waals surface area contributed by atoms with Crippen molar-refractivity contribution in [1.29, 1.82) is 0 Å². The molecule has 0 aromatic heterocycles. The fraction of sp³-hybridized carbons (Fsp3) is 0.875. The van der Waals surface area contributed by atoms with Gasteiger partial charge >= 0.3 is 0 Å². The van der Waals surface area contributed by atoms with E-state index in [0.29, 0.717) is 61.7 Å². The fourth-order valence-corrected chi connectivity index (χ4v) is 14.6. The lowest BCUT2D eigenvalue weighted by Gasteiger charge is -2.49. The van der Waals surface area contributed by atoms with Crippen molar-refractivity contribution in [2.45, 2.75) is 270 Å². The Morgan fingerprint density at radius 3 is 1.20 bits per heavy atom. The average molecular weight is 1160 g/mol. The Labute approximate surface area is 490 Å². The second-order valence-corrected chi connectivity index (χ2v) is 26.8. The van der Waals surface area contributed by atoms with Gasteiger partial charge in [-0.15, -0.1) is 0 Å². The molecule has 0 radical (unpaired) electrons. The average Bonchev–Trinajstić information content (AvgIpc) is 3.51. The third-order valence-electron chi connectivity index (χ3n) is 20.3. The third-order valence-corrected chi connectivity index (χ3v) is 20.3. The lowest BCUT2D eigenvalue weighted by Crippen LogP contribution is -2.60. The number of amides is 2. The molecule has 82 heavy (non-hydrogen) atoms. The Balaban J connectivity index is 0.875. The molecule has 2 aliphatic carbocycles. The molecular formula is C64H108N2O16. The number of hydrogen-bond acceptors (Lipinski definition) is 16. The first kappa shape index (κ1) is 67.1. The molecule has 1 aromatic carbocycles. The summed E-state index contributed by atoms with van der Waals surface area (Å²) in [6.07, 6.45) is 1.15. The number of aliphatic hydroxyl groups is 6. The van der Waals surface area contributed by atoms with Gasteiger partial charge in [-0.05, 0) is 151 Å². The summed E-state index contributed by atoms with van der Waals surface area (Å²) in [4.78, 5) is 26.8. The number of carbonyl (C=O) groups is 2. The van der Waals surface area contributed by atoms with E-state index in [2.05, 4.69) is 52.2 Å². The van der Waals surface area contributed by atoms with Gasteiger partial charge in [0, 0.05) is 47.9 Å². The van der Waals surface area contributed by atoms with Crippen molar-refractivity contribution in [3.8, 4) is 0 Å². The maximum absolute atomic E-state index is 13.4. The van der Waals surface area contributed by atoms with Gasteiger partial charge < -0.3 is 79.2 Å². The molecule has 0 bridgehead atoms. The lowest BCUT2D eigenvalue weighted by molar-refractivity contribution is -0.325. The fourth-order valence-electron chi connectivity index (χ4n) is 14.6. The number of nitrogens with one attached hydrogen (secondary N) is 2. The largest absolute Gasteiger partial charge is 0.388 e. The zero-order valence-corrected chi connectivity index (χ0v) is 51.7. The van der Waals surface area contributed by atoms with Crippen LogP contribution in [0.15, 0.2) is 24.3 Å². The summed E-state index contributed by atoms with van der Waals surface area (Å²) in [5, 5.41) is 74.1. The van der Waals surface area contributed by atoms with Crippen molar-refractivity contribution in [3.63, 3.8) is 0 Å². The van der Waals surface area contributed by atoms with Crippen LogP contribution in [0.5, 0.6) is 0 Å². The van der Waals surface area contributed by atoms with Crippen molar-refractivity contribution in [3.05, 3.63) is 35.4 Å². The molecule has 4 saturated heterocycles. The smallest absolute Gasteiger partial charge is 0.251 e.